The molecule has 1 N–H and O–H groups in total. The normalized spacial score (nSPS) is 18.1. The first-order chi connectivity index (χ1) is 11.2. The molecule has 0 spiro atoms. The highest BCUT2D eigenvalue weighted by atomic mass is 16.2. The molecule has 1 aliphatic heterocycles. The van der Waals surface area contributed by atoms with E-state index >= 15 is 0 Å². The number of carbonyl (C=O) groups excluding carboxylic acids is 1. The number of carbonyl (C=O) groups is 1. The molecule has 0 bridgehead atoms. The highest BCUT2D eigenvalue weighted by Gasteiger charge is 2.24. The number of nitrogens with zero attached hydrogens (tertiary/aromatic N) is 3. The SMILES string of the molecule is Cc1cn[nH]c1C[C@@H]1CCCN(C(=O)CCc2cccnc2)C1. The average Bonchev–Trinajstić information content (AvgIpc) is 2.99. The fourth-order valence-corrected chi connectivity index (χ4v) is 3.28. The molecule has 2 aromatic heterocycles. The number of nitrogens with one attached hydrogen (secondary N) is 1. The van der Waals surface area contributed by atoms with Crippen molar-refractivity contribution in [2.24, 2.45) is 5.92 Å². The van der Waals surface area contributed by atoms with Gasteiger partial charge in [-0.3, -0.25) is 14.9 Å². The van der Waals surface area contributed by atoms with E-state index in [1.165, 1.54) is 17.7 Å². The first kappa shape index (κ1) is 15.7. The minimum absolute atomic E-state index is 0.264. The van der Waals surface area contributed by atoms with Crippen LogP contribution in [0.4, 0.5) is 0 Å². The molecule has 0 aliphatic carbocycles. The first-order valence-electron chi connectivity index (χ1n) is 8.38. The van der Waals surface area contributed by atoms with Gasteiger partial charge in [-0.2, -0.15) is 5.10 Å². The maximum absolute atomic E-state index is 12.5. The zero-order valence-electron chi connectivity index (χ0n) is 13.7. The quantitative estimate of drug-likeness (QED) is 0.923. The minimum atomic E-state index is 0.264. The molecule has 122 valence electrons. The molecule has 1 fully saturated rings. The predicted molar refractivity (Wildman–Crippen MR) is 88.9 cm³/mol. The number of amides is 1. The number of aromatic nitrogens is 3. The van der Waals surface area contributed by atoms with Gasteiger partial charge in [0, 0.05) is 37.6 Å². The van der Waals surface area contributed by atoms with E-state index in [0.29, 0.717) is 12.3 Å². The lowest BCUT2D eigenvalue weighted by molar-refractivity contribution is -0.133. The van der Waals surface area contributed by atoms with E-state index in [2.05, 4.69) is 22.1 Å². The van der Waals surface area contributed by atoms with E-state index in [9.17, 15) is 4.79 Å². The highest BCUT2D eigenvalue weighted by molar-refractivity contribution is 5.76. The second-order valence-corrected chi connectivity index (χ2v) is 6.44. The summed E-state index contributed by atoms with van der Waals surface area (Å²) in [7, 11) is 0. The van der Waals surface area contributed by atoms with E-state index in [0.717, 1.165) is 37.9 Å². The van der Waals surface area contributed by atoms with Crippen molar-refractivity contribution in [3.63, 3.8) is 0 Å². The summed E-state index contributed by atoms with van der Waals surface area (Å²) in [6.45, 7) is 3.84. The van der Waals surface area contributed by atoms with Gasteiger partial charge in [0.15, 0.2) is 0 Å². The number of H-pyrrole nitrogens is 1. The Morgan fingerprint density at radius 2 is 2.35 bits per heavy atom. The molecular weight excluding hydrogens is 288 g/mol. The van der Waals surface area contributed by atoms with Gasteiger partial charge >= 0.3 is 0 Å². The average molecular weight is 312 g/mol. The Hall–Kier alpha value is -2.17. The van der Waals surface area contributed by atoms with Crippen molar-refractivity contribution in [2.45, 2.75) is 39.0 Å². The number of aromatic amines is 1. The van der Waals surface area contributed by atoms with Crippen LogP contribution in [-0.2, 0) is 17.6 Å². The molecule has 1 saturated heterocycles. The zero-order valence-corrected chi connectivity index (χ0v) is 13.7. The molecule has 23 heavy (non-hydrogen) atoms. The fraction of sp³-hybridized carbons (Fsp3) is 0.500. The molecule has 0 radical (unpaired) electrons. The van der Waals surface area contributed by atoms with E-state index in [1.54, 1.807) is 6.20 Å². The van der Waals surface area contributed by atoms with Crippen molar-refractivity contribution < 1.29 is 4.79 Å². The van der Waals surface area contributed by atoms with Crippen LogP contribution in [0.2, 0.25) is 0 Å². The largest absolute Gasteiger partial charge is 0.342 e. The summed E-state index contributed by atoms with van der Waals surface area (Å²) in [6.07, 6.45) is 10.1. The van der Waals surface area contributed by atoms with Crippen molar-refractivity contribution >= 4 is 5.91 Å². The van der Waals surface area contributed by atoms with Crippen LogP contribution >= 0.6 is 0 Å². The molecule has 5 heteroatoms. The van der Waals surface area contributed by atoms with Gasteiger partial charge in [-0.1, -0.05) is 6.07 Å². The zero-order chi connectivity index (χ0) is 16.1. The molecule has 1 atom stereocenters. The van der Waals surface area contributed by atoms with E-state index in [4.69, 9.17) is 0 Å². The Balaban J connectivity index is 1.51. The van der Waals surface area contributed by atoms with Crippen LogP contribution in [0.25, 0.3) is 0 Å². The summed E-state index contributed by atoms with van der Waals surface area (Å²) in [5.41, 5.74) is 3.55. The molecule has 0 saturated carbocycles. The number of hydrogen-bond acceptors (Lipinski definition) is 3. The van der Waals surface area contributed by atoms with Gasteiger partial charge in [0.2, 0.25) is 5.91 Å². The third kappa shape index (κ3) is 4.18. The highest BCUT2D eigenvalue weighted by Crippen LogP contribution is 2.22. The maximum atomic E-state index is 12.5. The van der Waals surface area contributed by atoms with Crippen molar-refractivity contribution in [1.82, 2.24) is 20.1 Å². The summed E-state index contributed by atoms with van der Waals surface area (Å²) >= 11 is 0. The van der Waals surface area contributed by atoms with Crippen LogP contribution in [0, 0.1) is 12.8 Å². The van der Waals surface area contributed by atoms with Crippen LogP contribution in [0.5, 0.6) is 0 Å². The number of rotatable bonds is 5. The molecule has 1 aliphatic rings. The lowest BCUT2D eigenvalue weighted by atomic mass is 9.92. The summed E-state index contributed by atoms with van der Waals surface area (Å²) < 4.78 is 0. The molecule has 3 rings (SSSR count). The van der Waals surface area contributed by atoms with Gasteiger partial charge in [-0.15, -0.1) is 0 Å². The molecule has 0 aromatic carbocycles. The molecule has 0 unspecified atom stereocenters. The van der Waals surface area contributed by atoms with Crippen LogP contribution < -0.4 is 0 Å². The number of piperidine rings is 1. The van der Waals surface area contributed by atoms with Crippen LogP contribution in [0.3, 0.4) is 0 Å². The monoisotopic (exact) mass is 312 g/mol. The van der Waals surface area contributed by atoms with Crippen molar-refractivity contribution in [2.75, 3.05) is 13.1 Å². The lowest BCUT2D eigenvalue weighted by Gasteiger charge is -2.33. The Bertz CT molecular complexity index is 637. The predicted octanol–water partition coefficient (Wildman–Crippen LogP) is 2.53. The van der Waals surface area contributed by atoms with E-state index in [1.807, 2.05) is 29.4 Å². The Morgan fingerprint density at radius 3 is 3.09 bits per heavy atom. The third-order valence-electron chi connectivity index (χ3n) is 4.65. The maximum Gasteiger partial charge on any atom is 0.222 e. The fourth-order valence-electron chi connectivity index (χ4n) is 3.28. The van der Waals surface area contributed by atoms with E-state index in [-0.39, 0.29) is 5.91 Å². The van der Waals surface area contributed by atoms with Gasteiger partial charge in [-0.25, -0.2) is 0 Å². The second kappa shape index (κ2) is 7.40. The second-order valence-electron chi connectivity index (χ2n) is 6.44. The van der Waals surface area contributed by atoms with Crippen molar-refractivity contribution in [1.29, 1.82) is 0 Å². The van der Waals surface area contributed by atoms with Crippen LogP contribution in [0.1, 0.15) is 36.1 Å². The van der Waals surface area contributed by atoms with Gasteiger partial charge in [0.25, 0.3) is 0 Å². The topological polar surface area (TPSA) is 61.9 Å². The van der Waals surface area contributed by atoms with Crippen LogP contribution in [-0.4, -0.2) is 39.1 Å². The first-order valence-corrected chi connectivity index (χ1v) is 8.38. The molecule has 3 heterocycles. The summed E-state index contributed by atoms with van der Waals surface area (Å²) in [5.74, 6) is 0.796. The smallest absolute Gasteiger partial charge is 0.222 e. The standard InChI is InChI=1S/C18H24N4O/c1-14-11-20-21-17(14)10-16-5-3-9-22(13-16)18(23)7-6-15-4-2-8-19-12-15/h2,4,8,11-12,16H,3,5-7,9-10,13H2,1H3,(H,20,21)/t16-/m0/s1. The Labute approximate surface area is 137 Å². The number of likely N-dealkylation sites (tertiary alicyclic amines) is 1. The Morgan fingerprint density at radius 1 is 1.43 bits per heavy atom. The summed E-state index contributed by atoms with van der Waals surface area (Å²) in [4.78, 5) is 18.6. The number of hydrogen-bond donors (Lipinski definition) is 1. The van der Waals surface area contributed by atoms with Gasteiger partial charge in [0.1, 0.15) is 0 Å². The van der Waals surface area contributed by atoms with Gasteiger partial charge in [-0.05, 0) is 55.7 Å². The molecule has 1 amide bonds. The van der Waals surface area contributed by atoms with Gasteiger partial charge in [0.05, 0.1) is 6.20 Å². The molecular formula is C18H24N4O. The molecule has 2 aromatic rings. The number of pyridine rings is 1. The summed E-state index contributed by atoms with van der Waals surface area (Å²) in [6, 6.07) is 3.95. The summed E-state index contributed by atoms with van der Waals surface area (Å²) in [5, 5.41) is 7.18. The Kier molecular flexibility index (Phi) is 5.05. The number of aryl methyl sites for hydroxylation is 2. The third-order valence-corrected chi connectivity index (χ3v) is 4.65. The lowest BCUT2D eigenvalue weighted by Crippen LogP contribution is -2.40. The van der Waals surface area contributed by atoms with Crippen molar-refractivity contribution in [3.05, 3.63) is 47.5 Å². The van der Waals surface area contributed by atoms with E-state index < -0.39 is 0 Å². The minimum Gasteiger partial charge on any atom is -0.342 e. The molecule has 5 nitrogen and oxygen atoms in total. The van der Waals surface area contributed by atoms with Crippen LogP contribution in [0.15, 0.2) is 30.7 Å². The van der Waals surface area contributed by atoms with Gasteiger partial charge < -0.3 is 4.90 Å². The van der Waals surface area contributed by atoms with Crippen molar-refractivity contribution in [3.8, 4) is 0 Å².